The zero-order valence-corrected chi connectivity index (χ0v) is 11.9. The molecule has 0 aliphatic carbocycles. The minimum atomic E-state index is -3.56. The topological polar surface area (TPSA) is 81.1 Å². The van der Waals surface area contributed by atoms with Crippen molar-refractivity contribution in [1.29, 1.82) is 0 Å². The third kappa shape index (κ3) is 2.03. The van der Waals surface area contributed by atoms with Gasteiger partial charge in [-0.1, -0.05) is 6.92 Å². The van der Waals surface area contributed by atoms with E-state index < -0.39 is 10.0 Å². The van der Waals surface area contributed by atoms with Crippen LogP contribution in [0, 0.1) is 0 Å². The Morgan fingerprint density at radius 3 is 2.95 bits per heavy atom. The predicted octanol–water partition coefficient (Wildman–Crippen LogP) is 0.641. The van der Waals surface area contributed by atoms with E-state index in [0.717, 1.165) is 18.7 Å². The summed E-state index contributed by atoms with van der Waals surface area (Å²) in [5.74, 6) is 0.782. The van der Waals surface area contributed by atoms with Gasteiger partial charge in [-0.2, -0.15) is 0 Å². The highest BCUT2D eigenvalue weighted by molar-refractivity contribution is 7.89. The minimum absolute atomic E-state index is 0.101. The number of nitrogens with one attached hydrogen (secondary N) is 1. The third-order valence-electron chi connectivity index (χ3n) is 3.43. The molecule has 0 atom stereocenters. The van der Waals surface area contributed by atoms with E-state index in [0.29, 0.717) is 24.0 Å². The van der Waals surface area contributed by atoms with Gasteiger partial charge in [0.1, 0.15) is 5.82 Å². The molecule has 0 fully saturated rings. The standard InChI is InChI=1S/C13H15N3O3S/c1-2-14-20(18,19)9-5-6-11-10(8-9)13(17)16-7-3-4-12(16)15-11/h5-6,8,14H,2-4,7H2,1H3. The van der Waals surface area contributed by atoms with Crippen LogP contribution in [0.15, 0.2) is 27.9 Å². The first-order valence-electron chi connectivity index (χ1n) is 6.56. The summed E-state index contributed by atoms with van der Waals surface area (Å²) in [4.78, 5) is 16.9. The minimum Gasteiger partial charge on any atom is -0.296 e. The summed E-state index contributed by atoms with van der Waals surface area (Å²) < 4.78 is 28.0. The Kier molecular flexibility index (Phi) is 3.10. The number of rotatable bonds is 3. The van der Waals surface area contributed by atoms with Crippen molar-refractivity contribution in [3.63, 3.8) is 0 Å². The number of fused-ring (bicyclic) bond motifs is 2. The lowest BCUT2D eigenvalue weighted by molar-refractivity contribution is 0.584. The average Bonchev–Trinajstić information content (AvgIpc) is 2.87. The summed E-state index contributed by atoms with van der Waals surface area (Å²) in [6, 6.07) is 4.49. The van der Waals surface area contributed by atoms with Crippen molar-refractivity contribution in [2.75, 3.05) is 6.54 Å². The fraction of sp³-hybridized carbons (Fsp3) is 0.385. The molecule has 1 N–H and O–H groups in total. The van der Waals surface area contributed by atoms with E-state index in [1.807, 2.05) is 0 Å². The van der Waals surface area contributed by atoms with Gasteiger partial charge in [-0.3, -0.25) is 9.36 Å². The number of aryl methyl sites for hydroxylation is 1. The van der Waals surface area contributed by atoms with Gasteiger partial charge in [0.2, 0.25) is 10.0 Å². The van der Waals surface area contributed by atoms with Gasteiger partial charge in [-0.25, -0.2) is 18.1 Å². The van der Waals surface area contributed by atoms with Crippen LogP contribution in [-0.2, 0) is 23.0 Å². The van der Waals surface area contributed by atoms with Crippen LogP contribution in [0.3, 0.4) is 0 Å². The number of sulfonamides is 1. The quantitative estimate of drug-likeness (QED) is 0.900. The van der Waals surface area contributed by atoms with Crippen molar-refractivity contribution in [3.8, 4) is 0 Å². The second-order valence-electron chi connectivity index (χ2n) is 4.77. The Morgan fingerprint density at radius 1 is 1.40 bits per heavy atom. The molecule has 0 saturated carbocycles. The number of aromatic nitrogens is 2. The van der Waals surface area contributed by atoms with Crippen LogP contribution in [0.1, 0.15) is 19.2 Å². The Morgan fingerprint density at radius 2 is 2.20 bits per heavy atom. The van der Waals surface area contributed by atoms with Gasteiger partial charge >= 0.3 is 0 Å². The van der Waals surface area contributed by atoms with E-state index in [4.69, 9.17) is 0 Å². The lowest BCUT2D eigenvalue weighted by atomic mass is 10.2. The zero-order chi connectivity index (χ0) is 14.3. The molecule has 0 unspecified atom stereocenters. The highest BCUT2D eigenvalue weighted by atomic mass is 32.2. The van der Waals surface area contributed by atoms with E-state index in [2.05, 4.69) is 9.71 Å². The van der Waals surface area contributed by atoms with Gasteiger partial charge in [-0.05, 0) is 24.6 Å². The van der Waals surface area contributed by atoms with Crippen molar-refractivity contribution in [3.05, 3.63) is 34.4 Å². The third-order valence-corrected chi connectivity index (χ3v) is 4.97. The van der Waals surface area contributed by atoms with Crippen molar-refractivity contribution < 1.29 is 8.42 Å². The van der Waals surface area contributed by atoms with Gasteiger partial charge < -0.3 is 0 Å². The molecule has 3 rings (SSSR count). The first kappa shape index (κ1) is 13.3. The molecule has 1 aliphatic rings. The molecule has 0 spiro atoms. The monoisotopic (exact) mass is 293 g/mol. The Balaban J connectivity index is 2.24. The van der Waals surface area contributed by atoms with Gasteiger partial charge in [0.15, 0.2) is 0 Å². The molecule has 6 nitrogen and oxygen atoms in total. The molecule has 20 heavy (non-hydrogen) atoms. The van der Waals surface area contributed by atoms with Crippen molar-refractivity contribution in [2.24, 2.45) is 0 Å². The summed E-state index contributed by atoms with van der Waals surface area (Å²) in [7, 11) is -3.56. The fourth-order valence-electron chi connectivity index (χ4n) is 2.50. The van der Waals surface area contributed by atoms with Crippen LogP contribution in [0.5, 0.6) is 0 Å². The normalized spacial score (nSPS) is 14.7. The van der Waals surface area contributed by atoms with Crippen LogP contribution in [-0.4, -0.2) is 24.5 Å². The van der Waals surface area contributed by atoms with Gasteiger partial charge in [0, 0.05) is 19.5 Å². The molecular formula is C13H15N3O3S. The Bertz CT molecular complexity index is 840. The fourth-order valence-corrected chi connectivity index (χ4v) is 3.57. The maximum atomic E-state index is 12.4. The van der Waals surface area contributed by atoms with Crippen LogP contribution >= 0.6 is 0 Å². The Labute approximate surface area is 116 Å². The molecule has 1 aromatic carbocycles. The maximum absolute atomic E-state index is 12.4. The molecule has 2 aromatic rings. The molecule has 1 aliphatic heterocycles. The average molecular weight is 293 g/mol. The summed E-state index contributed by atoms with van der Waals surface area (Å²) >= 11 is 0. The molecule has 1 aromatic heterocycles. The van der Waals surface area contributed by atoms with Crippen LogP contribution in [0.2, 0.25) is 0 Å². The lowest BCUT2D eigenvalue weighted by Crippen LogP contribution is -2.24. The second kappa shape index (κ2) is 4.68. The molecule has 2 heterocycles. The SMILES string of the molecule is CCNS(=O)(=O)c1ccc2nc3n(c(=O)c2c1)CCC3. The summed E-state index contributed by atoms with van der Waals surface area (Å²) in [5.41, 5.74) is 0.398. The second-order valence-corrected chi connectivity index (χ2v) is 6.54. The summed E-state index contributed by atoms with van der Waals surface area (Å²) in [6.45, 7) is 2.67. The zero-order valence-electron chi connectivity index (χ0n) is 11.1. The molecule has 0 bridgehead atoms. The van der Waals surface area contributed by atoms with E-state index in [1.165, 1.54) is 12.1 Å². The molecular weight excluding hydrogens is 278 g/mol. The molecule has 106 valence electrons. The molecule has 0 amide bonds. The molecule has 0 saturated heterocycles. The van der Waals surface area contributed by atoms with Gasteiger partial charge in [0.25, 0.3) is 5.56 Å². The van der Waals surface area contributed by atoms with Crippen LogP contribution in [0.25, 0.3) is 10.9 Å². The summed E-state index contributed by atoms with van der Waals surface area (Å²) in [6.07, 6.45) is 1.70. The van der Waals surface area contributed by atoms with Crippen molar-refractivity contribution >= 4 is 20.9 Å². The number of benzene rings is 1. The molecule has 0 radical (unpaired) electrons. The lowest BCUT2D eigenvalue weighted by Gasteiger charge is -2.08. The van der Waals surface area contributed by atoms with E-state index in [9.17, 15) is 13.2 Å². The van der Waals surface area contributed by atoms with Crippen LogP contribution in [0.4, 0.5) is 0 Å². The van der Waals surface area contributed by atoms with E-state index in [-0.39, 0.29) is 10.5 Å². The van der Waals surface area contributed by atoms with E-state index in [1.54, 1.807) is 17.6 Å². The predicted molar refractivity (Wildman–Crippen MR) is 75.2 cm³/mol. The Hall–Kier alpha value is -1.73. The van der Waals surface area contributed by atoms with E-state index >= 15 is 0 Å². The maximum Gasteiger partial charge on any atom is 0.261 e. The summed E-state index contributed by atoms with van der Waals surface area (Å²) in [5, 5.41) is 0.356. The highest BCUT2D eigenvalue weighted by Gasteiger charge is 2.18. The molecule has 7 heteroatoms. The first-order valence-corrected chi connectivity index (χ1v) is 8.04. The van der Waals surface area contributed by atoms with Gasteiger partial charge in [0.05, 0.1) is 15.8 Å². The van der Waals surface area contributed by atoms with Crippen molar-refractivity contribution in [2.45, 2.75) is 31.2 Å². The van der Waals surface area contributed by atoms with Crippen LogP contribution < -0.4 is 10.3 Å². The first-order chi connectivity index (χ1) is 9.53. The largest absolute Gasteiger partial charge is 0.296 e. The smallest absolute Gasteiger partial charge is 0.261 e. The number of hydrogen-bond acceptors (Lipinski definition) is 4. The number of hydrogen-bond donors (Lipinski definition) is 1. The van der Waals surface area contributed by atoms with Gasteiger partial charge in [-0.15, -0.1) is 0 Å². The number of nitrogens with zero attached hydrogens (tertiary/aromatic N) is 2. The van der Waals surface area contributed by atoms with Crippen molar-refractivity contribution in [1.82, 2.24) is 14.3 Å². The highest BCUT2D eigenvalue weighted by Crippen LogP contribution is 2.18.